The van der Waals surface area contributed by atoms with Gasteiger partial charge in [-0.05, 0) is 54.7 Å². The van der Waals surface area contributed by atoms with Crippen molar-refractivity contribution in [1.29, 1.82) is 0 Å². The van der Waals surface area contributed by atoms with Crippen molar-refractivity contribution in [2.45, 2.75) is 19.3 Å². The van der Waals surface area contributed by atoms with Gasteiger partial charge in [0.15, 0.2) is 0 Å². The van der Waals surface area contributed by atoms with Gasteiger partial charge in [-0.1, -0.05) is 24.3 Å². The highest BCUT2D eigenvalue weighted by Gasteiger charge is 2.16. The number of allylic oxidation sites excluding steroid dienone is 1. The number of hydrogen-bond acceptors (Lipinski definition) is 2. The summed E-state index contributed by atoms with van der Waals surface area (Å²) in [6.45, 7) is 0.814. The molecular formula is C18H15O2. The van der Waals surface area contributed by atoms with Gasteiger partial charge in [0.2, 0.25) is 0 Å². The average Bonchev–Trinajstić information content (AvgIpc) is 2.54. The fourth-order valence-corrected chi connectivity index (χ4v) is 2.74. The quantitative estimate of drug-likeness (QED) is 0.779. The van der Waals surface area contributed by atoms with Crippen molar-refractivity contribution in [3.8, 4) is 11.5 Å². The minimum Gasteiger partial charge on any atom is -0.493 e. The van der Waals surface area contributed by atoms with Crippen LogP contribution in [0.5, 0.6) is 11.5 Å². The van der Waals surface area contributed by atoms with Crippen LogP contribution in [0.3, 0.4) is 0 Å². The molecule has 0 spiro atoms. The van der Waals surface area contributed by atoms with Crippen molar-refractivity contribution < 1.29 is 9.47 Å². The fraction of sp³-hybridized carbons (Fsp3) is 0.222. The van der Waals surface area contributed by atoms with Crippen LogP contribution in [0.15, 0.2) is 42.5 Å². The van der Waals surface area contributed by atoms with Crippen LogP contribution in [0.4, 0.5) is 0 Å². The van der Waals surface area contributed by atoms with Crippen LogP contribution in [0, 0.1) is 6.07 Å². The molecule has 0 bridgehead atoms. The Bertz CT molecular complexity index is 686. The molecule has 0 aliphatic carbocycles. The first kappa shape index (κ1) is 11.6. The number of ether oxygens (including phenoxy) is 2. The lowest BCUT2D eigenvalue weighted by Gasteiger charge is -2.21. The minimum atomic E-state index is 0.814. The molecule has 0 aromatic heterocycles. The lowest BCUT2D eigenvalue weighted by molar-refractivity contribution is 0.288. The van der Waals surface area contributed by atoms with E-state index in [1.54, 1.807) is 0 Å². The molecule has 2 heterocycles. The Balaban J connectivity index is 1.67. The van der Waals surface area contributed by atoms with Gasteiger partial charge >= 0.3 is 0 Å². The first-order valence-electron chi connectivity index (χ1n) is 7.03. The third kappa shape index (κ3) is 1.97. The smallest absolute Gasteiger partial charge is 0.131 e. The summed E-state index contributed by atoms with van der Waals surface area (Å²) < 4.78 is 11.7. The molecule has 2 heteroatoms. The first-order valence-corrected chi connectivity index (χ1v) is 7.03. The molecule has 1 radical (unpaired) electrons. The summed E-state index contributed by atoms with van der Waals surface area (Å²) >= 11 is 0. The molecule has 0 unspecified atom stereocenters. The molecule has 99 valence electrons. The Morgan fingerprint density at radius 1 is 1.05 bits per heavy atom. The van der Waals surface area contributed by atoms with E-state index in [1.165, 1.54) is 11.1 Å². The number of benzene rings is 2. The molecule has 0 saturated carbocycles. The van der Waals surface area contributed by atoms with E-state index >= 15 is 0 Å². The monoisotopic (exact) mass is 263 g/mol. The van der Waals surface area contributed by atoms with Gasteiger partial charge < -0.3 is 9.47 Å². The van der Waals surface area contributed by atoms with E-state index in [0.29, 0.717) is 0 Å². The van der Waals surface area contributed by atoms with Crippen molar-refractivity contribution in [2.75, 3.05) is 6.61 Å². The molecule has 2 aromatic rings. The Hall–Kier alpha value is -2.22. The van der Waals surface area contributed by atoms with E-state index in [4.69, 9.17) is 9.47 Å². The zero-order valence-corrected chi connectivity index (χ0v) is 11.2. The predicted molar refractivity (Wildman–Crippen MR) is 77.8 cm³/mol. The molecule has 0 N–H and O–H groups in total. The Kier molecular flexibility index (Phi) is 2.73. The molecule has 0 saturated heterocycles. The maximum absolute atomic E-state index is 5.98. The van der Waals surface area contributed by atoms with Crippen LogP contribution in [0.2, 0.25) is 0 Å². The molecule has 2 aliphatic rings. The van der Waals surface area contributed by atoms with Crippen molar-refractivity contribution >= 4 is 5.76 Å². The predicted octanol–water partition coefficient (Wildman–Crippen LogP) is 3.79. The Morgan fingerprint density at radius 2 is 2.05 bits per heavy atom. The summed E-state index contributed by atoms with van der Waals surface area (Å²) in [5.41, 5.74) is 3.59. The molecule has 2 nitrogen and oxygen atoms in total. The van der Waals surface area contributed by atoms with E-state index in [2.05, 4.69) is 36.4 Å². The standard InChI is InChI=1S/C18H15O2/c1-2-6-16-13(4-1)9-10-17(20-16)15-8-7-14-5-3-11-19-18(14)12-15/h1,4,6-8,10,12H,3,5,9,11H2. The maximum Gasteiger partial charge on any atom is 0.131 e. The number of aryl methyl sites for hydroxylation is 1. The second-order valence-electron chi connectivity index (χ2n) is 5.18. The number of rotatable bonds is 1. The van der Waals surface area contributed by atoms with Crippen LogP contribution < -0.4 is 9.47 Å². The summed E-state index contributed by atoms with van der Waals surface area (Å²) in [6.07, 6.45) is 5.24. The fourth-order valence-electron chi connectivity index (χ4n) is 2.74. The van der Waals surface area contributed by atoms with Crippen molar-refractivity contribution in [3.05, 3.63) is 65.2 Å². The molecule has 20 heavy (non-hydrogen) atoms. The van der Waals surface area contributed by atoms with Gasteiger partial charge in [0, 0.05) is 5.56 Å². The summed E-state index contributed by atoms with van der Waals surface area (Å²) in [5.74, 6) is 2.82. The third-order valence-electron chi connectivity index (χ3n) is 3.84. The minimum absolute atomic E-state index is 0.814. The topological polar surface area (TPSA) is 18.5 Å². The molecule has 2 aromatic carbocycles. The molecule has 0 fully saturated rings. The highest BCUT2D eigenvalue weighted by molar-refractivity contribution is 5.67. The van der Waals surface area contributed by atoms with Crippen molar-refractivity contribution in [3.63, 3.8) is 0 Å². The summed E-state index contributed by atoms with van der Waals surface area (Å²) in [4.78, 5) is 0. The Morgan fingerprint density at radius 3 is 3.05 bits per heavy atom. The van der Waals surface area contributed by atoms with Gasteiger partial charge in [-0.15, -0.1) is 0 Å². The molecule has 4 rings (SSSR count). The van der Waals surface area contributed by atoms with Gasteiger partial charge in [-0.25, -0.2) is 0 Å². The zero-order valence-electron chi connectivity index (χ0n) is 11.2. The van der Waals surface area contributed by atoms with Gasteiger partial charge in [-0.2, -0.15) is 0 Å². The highest BCUT2D eigenvalue weighted by Crippen LogP contribution is 2.33. The van der Waals surface area contributed by atoms with Gasteiger partial charge in [0.25, 0.3) is 0 Å². The van der Waals surface area contributed by atoms with Gasteiger partial charge in [-0.3, -0.25) is 0 Å². The van der Waals surface area contributed by atoms with Crippen LogP contribution >= 0.6 is 0 Å². The third-order valence-corrected chi connectivity index (χ3v) is 3.84. The Labute approximate surface area is 118 Å². The largest absolute Gasteiger partial charge is 0.493 e. The summed E-state index contributed by atoms with van der Waals surface area (Å²) in [5, 5.41) is 0. The second-order valence-corrected chi connectivity index (χ2v) is 5.18. The number of hydrogen-bond donors (Lipinski definition) is 0. The van der Waals surface area contributed by atoms with Gasteiger partial charge in [0.1, 0.15) is 17.3 Å². The van der Waals surface area contributed by atoms with E-state index < -0.39 is 0 Å². The van der Waals surface area contributed by atoms with E-state index in [0.717, 1.165) is 48.7 Å². The van der Waals surface area contributed by atoms with Crippen molar-refractivity contribution in [2.24, 2.45) is 0 Å². The number of fused-ring (bicyclic) bond motifs is 2. The molecule has 2 aliphatic heterocycles. The van der Waals surface area contributed by atoms with E-state index in [9.17, 15) is 0 Å². The van der Waals surface area contributed by atoms with Crippen LogP contribution in [-0.2, 0) is 12.8 Å². The van der Waals surface area contributed by atoms with Crippen LogP contribution in [0.25, 0.3) is 5.76 Å². The summed E-state index contributed by atoms with van der Waals surface area (Å²) in [6, 6.07) is 15.3. The van der Waals surface area contributed by atoms with E-state index in [1.807, 2.05) is 12.1 Å². The second kappa shape index (κ2) is 4.71. The SMILES string of the molecule is [c]1ccc2c(c1)OC(c1ccc3c(c1)OCCC3)=CC2. The normalized spacial score (nSPS) is 16.3. The maximum atomic E-state index is 5.98. The lowest BCUT2D eigenvalue weighted by atomic mass is 10.0. The van der Waals surface area contributed by atoms with Crippen LogP contribution in [-0.4, -0.2) is 6.61 Å². The van der Waals surface area contributed by atoms with Crippen molar-refractivity contribution in [1.82, 2.24) is 0 Å². The van der Waals surface area contributed by atoms with E-state index in [-0.39, 0.29) is 0 Å². The zero-order chi connectivity index (χ0) is 13.4. The molecule has 0 atom stereocenters. The highest BCUT2D eigenvalue weighted by atomic mass is 16.5. The molecular weight excluding hydrogens is 248 g/mol. The summed E-state index contributed by atoms with van der Waals surface area (Å²) in [7, 11) is 0. The first-order chi connectivity index (χ1) is 9.90. The van der Waals surface area contributed by atoms with Gasteiger partial charge in [0.05, 0.1) is 6.61 Å². The van der Waals surface area contributed by atoms with Crippen LogP contribution in [0.1, 0.15) is 23.1 Å². The average molecular weight is 263 g/mol. The molecule has 0 amide bonds. The lowest BCUT2D eigenvalue weighted by Crippen LogP contribution is -2.09.